The van der Waals surface area contributed by atoms with E-state index in [0.29, 0.717) is 21.7 Å². The van der Waals surface area contributed by atoms with Gasteiger partial charge in [-0.1, -0.05) is 43.3 Å². The smallest absolute Gasteiger partial charge is 0.330 e. The molecule has 1 N–H and O–H groups in total. The number of hydrogen-bond donors (Lipinski definition) is 1. The fourth-order valence-corrected chi connectivity index (χ4v) is 3.14. The summed E-state index contributed by atoms with van der Waals surface area (Å²) in [5.41, 5.74) is 3.21. The van der Waals surface area contributed by atoms with Crippen LogP contribution in [-0.4, -0.2) is 33.7 Å². The second kappa shape index (κ2) is 8.87. The highest BCUT2D eigenvalue weighted by atomic mass is 32.1. The normalized spacial score (nSPS) is 11.9. The van der Waals surface area contributed by atoms with Crippen molar-refractivity contribution in [2.75, 3.05) is 6.61 Å². The molecule has 0 spiro atoms. The van der Waals surface area contributed by atoms with Gasteiger partial charge in [0.1, 0.15) is 6.61 Å². The van der Waals surface area contributed by atoms with Gasteiger partial charge < -0.3 is 4.74 Å². The molecule has 1 aromatic heterocycles. The number of alkyl halides is 4. The van der Waals surface area contributed by atoms with Gasteiger partial charge in [-0.2, -0.15) is 13.9 Å². The van der Waals surface area contributed by atoms with Crippen molar-refractivity contribution in [2.45, 2.75) is 32.3 Å². The maximum absolute atomic E-state index is 13.0. The number of para-hydroxylation sites is 1. The lowest BCUT2D eigenvalue weighted by Gasteiger charge is -2.15. The lowest BCUT2D eigenvalue weighted by Crippen LogP contribution is -2.32. The van der Waals surface area contributed by atoms with Crippen LogP contribution in [0.3, 0.4) is 0 Å². The highest BCUT2D eigenvalue weighted by Gasteiger charge is 2.40. The molecule has 3 rings (SSSR count). The Morgan fingerprint density at radius 2 is 1.93 bits per heavy atom. The number of H-pyrrole nitrogens is 1. The quantitative estimate of drug-likeness (QED) is 0.379. The highest BCUT2D eigenvalue weighted by Crippen LogP contribution is 2.26. The predicted molar refractivity (Wildman–Crippen MR) is 104 cm³/mol. The Bertz CT molecular complexity index is 1030. The molecule has 0 saturated heterocycles. The van der Waals surface area contributed by atoms with E-state index in [2.05, 4.69) is 10.2 Å². The zero-order chi connectivity index (χ0) is 21.0. The molecule has 4 nitrogen and oxygen atoms in total. The summed E-state index contributed by atoms with van der Waals surface area (Å²) in [5, 5.41) is 7.09. The predicted octanol–water partition coefficient (Wildman–Crippen LogP) is 5.58. The second-order valence-corrected chi connectivity index (χ2v) is 6.81. The Kier molecular flexibility index (Phi) is 6.49. The van der Waals surface area contributed by atoms with Crippen molar-refractivity contribution >= 4 is 12.2 Å². The molecule has 0 fully saturated rings. The van der Waals surface area contributed by atoms with E-state index >= 15 is 0 Å². The summed E-state index contributed by atoms with van der Waals surface area (Å²) in [6.45, 7) is 0.458. The first-order chi connectivity index (χ1) is 13.8. The molecule has 1 heterocycles. The van der Waals surface area contributed by atoms with Gasteiger partial charge in [-0.3, -0.25) is 9.67 Å². The number of rotatable bonds is 8. The maximum Gasteiger partial charge on any atom is 0.330 e. The molecule has 0 aliphatic heterocycles. The molecular formula is C20H19F4N3OS. The first-order valence-electron chi connectivity index (χ1n) is 8.92. The van der Waals surface area contributed by atoms with Crippen molar-refractivity contribution in [3.05, 3.63) is 64.4 Å². The standard InChI is InChI=1S/C20H19F4N3OS/c1-2-14-7-3-4-9-16(14)27-17(25-26-19(27)29)15-8-5-6-13(10-15)11-28-12-20(23,24)18(21)22/h3-10,18H,2,11-12H2,1H3,(H,26,29). The van der Waals surface area contributed by atoms with Crippen LogP contribution in [0.4, 0.5) is 17.6 Å². The molecule has 0 radical (unpaired) electrons. The van der Waals surface area contributed by atoms with Gasteiger partial charge in [0.15, 0.2) is 10.6 Å². The number of aromatic nitrogens is 3. The summed E-state index contributed by atoms with van der Waals surface area (Å²) in [4.78, 5) is 0. The summed E-state index contributed by atoms with van der Waals surface area (Å²) < 4.78 is 57.5. The van der Waals surface area contributed by atoms with Crippen LogP contribution in [0.15, 0.2) is 48.5 Å². The van der Waals surface area contributed by atoms with Crippen LogP contribution in [-0.2, 0) is 17.8 Å². The molecule has 0 saturated carbocycles. The van der Waals surface area contributed by atoms with Gasteiger partial charge in [0, 0.05) is 5.56 Å². The molecule has 3 aromatic rings. The molecule has 0 atom stereocenters. The van der Waals surface area contributed by atoms with E-state index in [1.165, 1.54) is 0 Å². The third-order valence-electron chi connectivity index (χ3n) is 4.35. The van der Waals surface area contributed by atoms with Crippen molar-refractivity contribution in [2.24, 2.45) is 0 Å². The van der Waals surface area contributed by atoms with Gasteiger partial charge in [0.2, 0.25) is 0 Å². The molecule has 0 aliphatic rings. The number of aryl methyl sites for hydroxylation is 1. The van der Waals surface area contributed by atoms with Crippen LogP contribution >= 0.6 is 12.2 Å². The Hall–Kier alpha value is -2.52. The molecule has 29 heavy (non-hydrogen) atoms. The molecule has 0 unspecified atom stereocenters. The van der Waals surface area contributed by atoms with Crippen LogP contribution in [0.25, 0.3) is 17.1 Å². The number of nitrogens with one attached hydrogen (secondary N) is 1. The fraction of sp³-hybridized carbons (Fsp3) is 0.300. The van der Waals surface area contributed by atoms with Gasteiger partial charge in [-0.15, -0.1) is 0 Å². The largest absolute Gasteiger partial charge is 0.370 e. The van der Waals surface area contributed by atoms with Gasteiger partial charge in [0.05, 0.1) is 12.3 Å². The monoisotopic (exact) mass is 425 g/mol. The average molecular weight is 425 g/mol. The van der Waals surface area contributed by atoms with Crippen LogP contribution in [0, 0.1) is 4.77 Å². The van der Waals surface area contributed by atoms with Crippen molar-refractivity contribution < 1.29 is 22.3 Å². The first-order valence-corrected chi connectivity index (χ1v) is 9.33. The second-order valence-electron chi connectivity index (χ2n) is 6.42. The van der Waals surface area contributed by atoms with Gasteiger partial charge in [-0.05, 0) is 41.9 Å². The van der Waals surface area contributed by atoms with Crippen LogP contribution in [0.1, 0.15) is 18.1 Å². The van der Waals surface area contributed by atoms with Gasteiger partial charge in [-0.25, -0.2) is 8.78 Å². The van der Waals surface area contributed by atoms with Crippen molar-refractivity contribution in [3.8, 4) is 17.1 Å². The van der Waals surface area contributed by atoms with E-state index in [1.807, 2.05) is 31.2 Å². The average Bonchev–Trinajstić information content (AvgIpc) is 3.09. The van der Waals surface area contributed by atoms with E-state index in [4.69, 9.17) is 17.0 Å². The number of nitrogens with zero attached hydrogens (tertiary/aromatic N) is 2. The van der Waals surface area contributed by atoms with Gasteiger partial charge in [0.25, 0.3) is 0 Å². The number of benzene rings is 2. The Morgan fingerprint density at radius 3 is 2.66 bits per heavy atom. The Balaban J connectivity index is 1.88. The summed E-state index contributed by atoms with van der Waals surface area (Å²) in [6, 6.07) is 14.7. The first kappa shape index (κ1) is 21.2. The van der Waals surface area contributed by atoms with E-state index in [1.54, 1.807) is 28.8 Å². The Labute approximate surface area is 170 Å². The third-order valence-corrected chi connectivity index (χ3v) is 4.63. The third kappa shape index (κ3) is 4.73. The van der Waals surface area contributed by atoms with Gasteiger partial charge >= 0.3 is 12.3 Å². The number of aromatic amines is 1. The zero-order valence-electron chi connectivity index (χ0n) is 15.5. The number of halogens is 4. The molecule has 154 valence electrons. The van der Waals surface area contributed by atoms with Crippen molar-refractivity contribution in [1.82, 2.24) is 14.8 Å². The molecule has 0 bridgehead atoms. The molecule has 9 heteroatoms. The molecular weight excluding hydrogens is 406 g/mol. The van der Waals surface area contributed by atoms with E-state index < -0.39 is 19.0 Å². The summed E-state index contributed by atoms with van der Waals surface area (Å²) >= 11 is 5.40. The van der Waals surface area contributed by atoms with Crippen LogP contribution in [0.5, 0.6) is 0 Å². The minimum Gasteiger partial charge on any atom is -0.370 e. The maximum atomic E-state index is 13.0. The topological polar surface area (TPSA) is 42.8 Å². The molecule has 0 aliphatic carbocycles. The fourth-order valence-electron chi connectivity index (χ4n) is 2.91. The summed E-state index contributed by atoms with van der Waals surface area (Å²) in [6.07, 6.45) is -2.96. The number of ether oxygens (including phenoxy) is 1. The minimum absolute atomic E-state index is 0.229. The zero-order valence-corrected chi connectivity index (χ0v) is 16.4. The number of hydrogen-bond acceptors (Lipinski definition) is 3. The summed E-state index contributed by atoms with van der Waals surface area (Å²) in [5.74, 6) is -3.63. The van der Waals surface area contributed by atoms with E-state index in [9.17, 15) is 17.6 Å². The van der Waals surface area contributed by atoms with Crippen molar-refractivity contribution in [3.63, 3.8) is 0 Å². The minimum atomic E-state index is -4.18. The van der Waals surface area contributed by atoms with Crippen LogP contribution in [0.2, 0.25) is 0 Å². The lowest BCUT2D eigenvalue weighted by molar-refractivity contribution is -0.168. The SMILES string of the molecule is CCc1ccccc1-n1c(-c2cccc(COCC(F)(F)C(F)F)c2)n[nH]c1=S. The van der Waals surface area contributed by atoms with E-state index in [0.717, 1.165) is 17.7 Å². The van der Waals surface area contributed by atoms with E-state index in [-0.39, 0.29) is 6.61 Å². The molecule has 2 aromatic carbocycles. The van der Waals surface area contributed by atoms with Crippen molar-refractivity contribution in [1.29, 1.82) is 0 Å². The lowest BCUT2D eigenvalue weighted by atomic mass is 10.1. The van der Waals surface area contributed by atoms with Crippen LogP contribution < -0.4 is 0 Å². The summed E-state index contributed by atoms with van der Waals surface area (Å²) in [7, 11) is 0. The molecule has 0 amide bonds. The Morgan fingerprint density at radius 1 is 1.17 bits per heavy atom. The highest BCUT2D eigenvalue weighted by molar-refractivity contribution is 7.71.